The van der Waals surface area contributed by atoms with E-state index in [1.54, 1.807) is 0 Å². The Morgan fingerprint density at radius 1 is 0.186 bits per heavy atom. The van der Waals surface area contributed by atoms with Crippen LogP contribution in [-0.2, 0) is 0 Å². The van der Waals surface area contributed by atoms with E-state index in [-0.39, 0.29) is 0 Å². The average Bonchev–Trinajstić information content (AvgIpc) is 3.92. The van der Waals surface area contributed by atoms with Crippen LogP contribution in [0.2, 0.25) is 0 Å². The number of fused-ring (bicyclic) bond motifs is 18. The molecular weight excluding hydrogens is 841 g/mol. The first-order valence-corrected chi connectivity index (χ1v) is 24.7. The molecule has 14 aromatic carbocycles. The van der Waals surface area contributed by atoms with Crippen molar-refractivity contribution in [2.75, 3.05) is 0 Å². The van der Waals surface area contributed by atoms with Gasteiger partial charge in [-0.3, -0.25) is 0 Å². The monoisotopic (exact) mass is 882 g/mol. The van der Waals surface area contributed by atoms with Crippen molar-refractivity contribution in [3.63, 3.8) is 0 Å². The van der Waals surface area contributed by atoms with Crippen molar-refractivity contribution < 1.29 is 0 Å². The number of hydrogen-bond donors (Lipinski definition) is 0. The molecule has 0 heteroatoms. The molecule has 0 saturated carbocycles. The minimum atomic E-state index is 1.24. The second-order valence-electron chi connectivity index (χ2n) is 19.9. The number of hydrogen-bond acceptors (Lipinski definition) is 0. The van der Waals surface area contributed by atoms with Gasteiger partial charge in [-0.25, -0.2) is 0 Å². The fourth-order valence-electron chi connectivity index (χ4n) is 13.3. The average molecular weight is 883 g/mol. The van der Waals surface area contributed by atoms with Gasteiger partial charge in [-0.2, -0.15) is 0 Å². The molecule has 0 aliphatic heterocycles. The van der Waals surface area contributed by atoms with Crippen LogP contribution in [0.25, 0.3) is 164 Å². The summed E-state index contributed by atoms with van der Waals surface area (Å²) in [7, 11) is 0. The second kappa shape index (κ2) is 13.9. The topological polar surface area (TPSA) is 0 Å². The first kappa shape index (κ1) is 38.2. The zero-order valence-corrected chi connectivity index (χ0v) is 38.8. The van der Waals surface area contributed by atoms with Gasteiger partial charge in [0.25, 0.3) is 0 Å². The van der Waals surface area contributed by atoms with Crippen molar-refractivity contribution in [3.8, 4) is 77.9 Å². The number of benzene rings is 14. The molecule has 0 spiro atoms. The molecule has 0 aromatic heterocycles. The molecule has 0 bridgehead atoms. The van der Waals surface area contributed by atoms with Gasteiger partial charge < -0.3 is 0 Å². The fourth-order valence-corrected chi connectivity index (χ4v) is 13.3. The highest BCUT2D eigenvalue weighted by atomic mass is 14.4. The molecule has 0 radical (unpaired) electrons. The van der Waals surface area contributed by atoms with Crippen LogP contribution in [0.1, 0.15) is 11.1 Å². The van der Waals surface area contributed by atoms with Crippen molar-refractivity contribution in [3.05, 3.63) is 230 Å². The molecule has 16 rings (SSSR count). The van der Waals surface area contributed by atoms with Gasteiger partial charge in [0.05, 0.1) is 0 Å². The fraction of sp³-hybridized carbons (Fsp3) is 0.0286. The van der Waals surface area contributed by atoms with E-state index in [9.17, 15) is 0 Å². The Bertz CT molecular complexity index is 4450. The molecule has 70 heavy (non-hydrogen) atoms. The largest absolute Gasteiger partial charge is 0.0616 e. The summed E-state index contributed by atoms with van der Waals surface area (Å²) in [6.07, 6.45) is 0. The maximum Gasteiger partial charge on any atom is -0.000718 e. The van der Waals surface area contributed by atoms with Crippen molar-refractivity contribution >= 4 is 86.2 Å². The molecule has 0 nitrogen and oxygen atoms in total. The third kappa shape index (κ3) is 4.95. The maximum absolute atomic E-state index is 2.48. The highest BCUT2D eigenvalue weighted by molar-refractivity contribution is 6.38. The Kier molecular flexibility index (Phi) is 7.57. The van der Waals surface area contributed by atoms with E-state index in [1.807, 2.05) is 0 Å². The molecule has 0 heterocycles. The van der Waals surface area contributed by atoms with Crippen molar-refractivity contribution in [2.45, 2.75) is 13.8 Å². The zero-order chi connectivity index (χ0) is 45.9. The SMILES string of the molecule is Cc1ccc(-c2c3c(c(-c4ccc(C)cc4)c4c5ccccc5c5ccccc5c24)-c2ccc(-c4ccc5c6c(cccc46)-c4cc6c7ccccc7c7ccccc7c6cc4-5)c4cccc-3c24)cc1. The van der Waals surface area contributed by atoms with E-state index in [4.69, 9.17) is 0 Å². The summed E-state index contributed by atoms with van der Waals surface area (Å²) < 4.78 is 0. The summed E-state index contributed by atoms with van der Waals surface area (Å²) >= 11 is 0. The Hall–Kier alpha value is -8.84. The van der Waals surface area contributed by atoms with Gasteiger partial charge >= 0.3 is 0 Å². The van der Waals surface area contributed by atoms with E-state index < -0.39 is 0 Å². The highest BCUT2D eigenvalue weighted by Crippen LogP contribution is 2.61. The predicted molar refractivity (Wildman–Crippen MR) is 301 cm³/mol. The summed E-state index contributed by atoms with van der Waals surface area (Å²) in [5.41, 5.74) is 20.7. The lowest BCUT2D eigenvalue weighted by molar-refractivity contribution is 1.47. The maximum atomic E-state index is 2.48. The quantitative estimate of drug-likeness (QED) is 0.155. The standard InChI is InChI=1S/C70H42/c1-39-25-29-41(30-26-39)63-67-53-19-9-7-15-45(53)46-16-8-10-20-54(46)68(67)64(42-31-27-40(2)28-32-42)70-58-36-34-50(52-22-12-24-57(66(52)58)69(63)70)49-33-35-56-62-38-60-48-18-6-4-14-44(48)43-13-3-5-17-47(43)59(60)37-61(62)55-23-11-21-51(49)65(55)56/h3-38H,1-2H3. The highest BCUT2D eigenvalue weighted by Gasteiger charge is 2.33. The molecular formula is C70H42. The van der Waals surface area contributed by atoms with E-state index >= 15 is 0 Å². The Balaban J connectivity index is 1.00. The molecule has 14 aromatic rings. The van der Waals surface area contributed by atoms with Crippen LogP contribution in [0, 0.1) is 13.8 Å². The van der Waals surface area contributed by atoms with E-state index in [2.05, 4.69) is 232 Å². The summed E-state index contributed by atoms with van der Waals surface area (Å²) in [4.78, 5) is 0. The van der Waals surface area contributed by atoms with E-state index in [0.29, 0.717) is 0 Å². The van der Waals surface area contributed by atoms with Crippen LogP contribution in [0.3, 0.4) is 0 Å². The third-order valence-corrected chi connectivity index (χ3v) is 16.2. The van der Waals surface area contributed by atoms with Crippen molar-refractivity contribution in [1.82, 2.24) is 0 Å². The summed E-state index contributed by atoms with van der Waals surface area (Å²) in [5, 5.41) is 20.9. The Labute approximate surface area is 405 Å². The van der Waals surface area contributed by atoms with Gasteiger partial charge in [0.1, 0.15) is 0 Å². The summed E-state index contributed by atoms with van der Waals surface area (Å²) in [5.74, 6) is 0. The molecule has 0 fully saturated rings. The van der Waals surface area contributed by atoms with Crippen LogP contribution in [-0.4, -0.2) is 0 Å². The lowest BCUT2D eigenvalue weighted by Gasteiger charge is -2.23. The van der Waals surface area contributed by atoms with Gasteiger partial charge in [0.15, 0.2) is 0 Å². The van der Waals surface area contributed by atoms with Gasteiger partial charge in [-0.15, -0.1) is 0 Å². The van der Waals surface area contributed by atoms with Gasteiger partial charge in [0.2, 0.25) is 0 Å². The molecule has 2 aliphatic carbocycles. The lowest BCUT2D eigenvalue weighted by atomic mass is 9.79. The molecule has 322 valence electrons. The van der Waals surface area contributed by atoms with Gasteiger partial charge in [0, 0.05) is 0 Å². The summed E-state index contributed by atoms with van der Waals surface area (Å²) in [6, 6.07) is 83.3. The molecule has 0 amide bonds. The van der Waals surface area contributed by atoms with Crippen LogP contribution < -0.4 is 0 Å². The zero-order valence-electron chi connectivity index (χ0n) is 38.8. The van der Waals surface area contributed by atoms with Crippen LogP contribution in [0.15, 0.2) is 218 Å². The first-order valence-electron chi connectivity index (χ1n) is 24.7. The lowest BCUT2D eigenvalue weighted by Crippen LogP contribution is -1.96. The van der Waals surface area contributed by atoms with Crippen LogP contribution in [0.4, 0.5) is 0 Å². The van der Waals surface area contributed by atoms with Crippen LogP contribution >= 0.6 is 0 Å². The van der Waals surface area contributed by atoms with Gasteiger partial charge in [-0.05, 0) is 190 Å². The molecule has 0 unspecified atom stereocenters. The molecule has 0 atom stereocenters. The third-order valence-electron chi connectivity index (χ3n) is 16.2. The Morgan fingerprint density at radius 2 is 0.500 bits per heavy atom. The van der Waals surface area contributed by atoms with Crippen molar-refractivity contribution in [2.24, 2.45) is 0 Å². The van der Waals surface area contributed by atoms with Crippen LogP contribution in [0.5, 0.6) is 0 Å². The van der Waals surface area contributed by atoms with E-state index in [0.717, 1.165) is 0 Å². The smallest absolute Gasteiger partial charge is 0.000718 e. The Morgan fingerprint density at radius 3 is 0.957 bits per heavy atom. The van der Waals surface area contributed by atoms with Crippen molar-refractivity contribution in [1.29, 1.82) is 0 Å². The van der Waals surface area contributed by atoms with E-state index in [1.165, 1.54) is 175 Å². The second-order valence-corrected chi connectivity index (χ2v) is 19.9. The molecule has 2 aliphatic rings. The minimum absolute atomic E-state index is 1.24. The molecule has 0 saturated heterocycles. The van der Waals surface area contributed by atoms with Gasteiger partial charge in [-0.1, -0.05) is 217 Å². The number of rotatable bonds is 3. The number of aryl methyl sites for hydroxylation is 2. The first-order chi connectivity index (χ1) is 34.6. The molecule has 0 N–H and O–H groups in total. The predicted octanol–water partition coefficient (Wildman–Crippen LogP) is 19.8. The minimum Gasteiger partial charge on any atom is -0.0616 e. The summed E-state index contributed by atoms with van der Waals surface area (Å²) in [6.45, 7) is 4.39. The normalized spacial score (nSPS) is 12.4.